The van der Waals surface area contributed by atoms with Crippen molar-refractivity contribution >= 4 is 17.9 Å². The number of carbonyl (C=O) groups excluding carboxylic acids is 2. The summed E-state index contributed by atoms with van der Waals surface area (Å²) in [6.07, 6.45) is 5.03. The number of methoxy groups -OCH3 is 1. The maximum atomic E-state index is 12.3. The van der Waals surface area contributed by atoms with Crippen molar-refractivity contribution in [2.24, 2.45) is 0 Å². The lowest BCUT2D eigenvalue weighted by atomic mass is 10.2. The van der Waals surface area contributed by atoms with Gasteiger partial charge in [-0.1, -0.05) is 26.0 Å². The van der Waals surface area contributed by atoms with E-state index in [2.05, 4.69) is 0 Å². The average molecular weight is 332 g/mol. The third-order valence-corrected chi connectivity index (χ3v) is 3.60. The van der Waals surface area contributed by atoms with Gasteiger partial charge in [-0.15, -0.1) is 0 Å². The van der Waals surface area contributed by atoms with Crippen molar-refractivity contribution in [1.29, 1.82) is 0 Å². The molecule has 5 nitrogen and oxygen atoms in total. The van der Waals surface area contributed by atoms with Crippen LogP contribution in [0.5, 0.6) is 5.75 Å². The van der Waals surface area contributed by atoms with E-state index >= 15 is 0 Å². The molecule has 0 saturated heterocycles. The summed E-state index contributed by atoms with van der Waals surface area (Å²) in [5.41, 5.74) is 0.876. The topological polar surface area (TPSA) is 49.9 Å². The Hall–Kier alpha value is -2.30. The summed E-state index contributed by atoms with van der Waals surface area (Å²) in [6.45, 7) is 5.65. The molecule has 0 bridgehead atoms. The number of benzene rings is 1. The number of amides is 2. The highest BCUT2D eigenvalue weighted by atomic mass is 16.5. The van der Waals surface area contributed by atoms with Crippen LogP contribution in [0, 0.1) is 0 Å². The maximum Gasteiger partial charge on any atom is 0.246 e. The van der Waals surface area contributed by atoms with E-state index in [1.54, 1.807) is 20.2 Å². The van der Waals surface area contributed by atoms with Gasteiger partial charge in [-0.05, 0) is 36.6 Å². The summed E-state index contributed by atoms with van der Waals surface area (Å²) in [6, 6.07) is 7.45. The fourth-order valence-corrected chi connectivity index (χ4v) is 2.32. The lowest BCUT2D eigenvalue weighted by Crippen LogP contribution is -2.41. The minimum Gasteiger partial charge on any atom is -0.497 e. The molecule has 0 unspecified atom stereocenters. The molecule has 1 rings (SSSR count). The number of carbonyl (C=O) groups is 2. The number of hydrogen-bond donors (Lipinski definition) is 0. The van der Waals surface area contributed by atoms with Gasteiger partial charge in [0.1, 0.15) is 5.75 Å². The monoisotopic (exact) mass is 332 g/mol. The Morgan fingerprint density at radius 3 is 2.42 bits per heavy atom. The molecule has 0 N–H and O–H groups in total. The van der Waals surface area contributed by atoms with Crippen LogP contribution in [0.1, 0.15) is 32.3 Å². The van der Waals surface area contributed by atoms with Gasteiger partial charge in [-0.3, -0.25) is 9.59 Å². The molecule has 1 aromatic rings. The Morgan fingerprint density at radius 2 is 1.83 bits per heavy atom. The number of nitrogens with zero attached hydrogens (tertiary/aromatic N) is 2. The first-order valence-corrected chi connectivity index (χ1v) is 8.36. The fourth-order valence-electron chi connectivity index (χ4n) is 2.32. The van der Waals surface area contributed by atoms with Crippen LogP contribution in [-0.4, -0.2) is 55.4 Å². The summed E-state index contributed by atoms with van der Waals surface area (Å²) >= 11 is 0. The van der Waals surface area contributed by atoms with E-state index in [1.807, 2.05) is 43.0 Å². The number of ether oxygens (including phenoxy) is 1. The van der Waals surface area contributed by atoms with Crippen molar-refractivity contribution in [3.8, 4) is 5.75 Å². The molecule has 0 saturated carbocycles. The van der Waals surface area contributed by atoms with Gasteiger partial charge in [0.2, 0.25) is 11.8 Å². The van der Waals surface area contributed by atoms with Crippen molar-refractivity contribution in [2.75, 3.05) is 33.8 Å². The lowest BCUT2D eigenvalue weighted by Gasteiger charge is -2.24. The van der Waals surface area contributed by atoms with E-state index in [0.29, 0.717) is 0 Å². The number of hydrogen-bond acceptors (Lipinski definition) is 3. The van der Waals surface area contributed by atoms with Gasteiger partial charge in [0.25, 0.3) is 0 Å². The standard InChI is InChI=1S/C19H28N2O3/c1-5-12-21(13-6-2)19(23)15-20(3)18(22)11-10-16-8-7-9-17(14-16)24-4/h7-11,14H,5-6,12-13,15H2,1-4H3/b11-10+. The zero-order chi connectivity index (χ0) is 17.9. The second-order valence-electron chi connectivity index (χ2n) is 5.69. The van der Waals surface area contributed by atoms with E-state index in [9.17, 15) is 9.59 Å². The molecule has 0 spiro atoms. The van der Waals surface area contributed by atoms with Crippen LogP contribution in [0.2, 0.25) is 0 Å². The fraction of sp³-hybridized carbons (Fsp3) is 0.474. The van der Waals surface area contributed by atoms with Gasteiger partial charge in [0, 0.05) is 26.2 Å². The molecule has 0 atom stereocenters. The minimum atomic E-state index is -0.195. The van der Waals surface area contributed by atoms with Gasteiger partial charge in [0.05, 0.1) is 13.7 Å². The zero-order valence-corrected chi connectivity index (χ0v) is 15.1. The Morgan fingerprint density at radius 1 is 1.17 bits per heavy atom. The van der Waals surface area contributed by atoms with Crippen LogP contribution in [0.25, 0.3) is 6.08 Å². The van der Waals surface area contributed by atoms with Crippen molar-refractivity contribution in [2.45, 2.75) is 26.7 Å². The second kappa shape index (κ2) is 10.5. The molecule has 0 heterocycles. The zero-order valence-electron chi connectivity index (χ0n) is 15.1. The van der Waals surface area contributed by atoms with Gasteiger partial charge < -0.3 is 14.5 Å². The average Bonchev–Trinajstić information content (AvgIpc) is 2.59. The van der Waals surface area contributed by atoms with E-state index in [0.717, 1.165) is 37.2 Å². The summed E-state index contributed by atoms with van der Waals surface area (Å²) in [5.74, 6) is 0.534. The molecule has 0 fully saturated rings. The van der Waals surface area contributed by atoms with E-state index in [1.165, 1.54) is 11.0 Å². The molecular formula is C19H28N2O3. The normalized spacial score (nSPS) is 10.7. The van der Waals surface area contributed by atoms with Crippen molar-refractivity contribution in [1.82, 2.24) is 9.80 Å². The molecule has 24 heavy (non-hydrogen) atoms. The first-order valence-electron chi connectivity index (χ1n) is 8.36. The Balaban J connectivity index is 2.63. The highest BCUT2D eigenvalue weighted by Gasteiger charge is 2.16. The largest absolute Gasteiger partial charge is 0.497 e. The second-order valence-corrected chi connectivity index (χ2v) is 5.69. The van der Waals surface area contributed by atoms with Gasteiger partial charge in [0.15, 0.2) is 0 Å². The molecule has 0 aliphatic rings. The predicted molar refractivity (Wildman–Crippen MR) is 96.8 cm³/mol. The van der Waals surface area contributed by atoms with Crippen LogP contribution in [0.3, 0.4) is 0 Å². The molecular weight excluding hydrogens is 304 g/mol. The van der Waals surface area contributed by atoms with Crippen LogP contribution >= 0.6 is 0 Å². The van der Waals surface area contributed by atoms with E-state index in [-0.39, 0.29) is 18.4 Å². The molecule has 0 aliphatic heterocycles. The predicted octanol–water partition coefficient (Wildman–Crippen LogP) is 2.82. The molecule has 1 aromatic carbocycles. The first-order chi connectivity index (χ1) is 11.5. The van der Waals surface area contributed by atoms with E-state index < -0.39 is 0 Å². The first kappa shape index (κ1) is 19.7. The SMILES string of the molecule is CCCN(CCC)C(=O)CN(C)C(=O)/C=C/c1cccc(OC)c1. The van der Waals surface area contributed by atoms with Crippen molar-refractivity contribution < 1.29 is 14.3 Å². The Kier molecular flexibility index (Phi) is 8.61. The quantitative estimate of drug-likeness (QED) is 0.653. The third kappa shape index (κ3) is 6.44. The summed E-state index contributed by atoms with van der Waals surface area (Å²) in [5, 5.41) is 0. The summed E-state index contributed by atoms with van der Waals surface area (Å²) < 4.78 is 5.15. The van der Waals surface area contributed by atoms with Gasteiger partial charge in [-0.2, -0.15) is 0 Å². The van der Waals surface area contributed by atoms with Crippen LogP contribution in [-0.2, 0) is 9.59 Å². The lowest BCUT2D eigenvalue weighted by molar-refractivity contribution is -0.137. The summed E-state index contributed by atoms with van der Waals surface area (Å²) in [7, 11) is 3.25. The van der Waals surface area contributed by atoms with E-state index in [4.69, 9.17) is 4.74 Å². The number of rotatable bonds is 9. The smallest absolute Gasteiger partial charge is 0.246 e. The van der Waals surface area contributed by atoms with Crippen LogP contribution in [0.4, 0.5) is 0 Å². The minimum absolute atomic E-state index is 0.00988. The Labute approximate surface area is 144 Å². The Bertz CT molecular complexity index is 563. The molecule has 132 valence electrons. The van der Waals surface area contributed by atoms with Crippen molar-refractivity contribution in [3.05, 3.63) is 35.9 Å². The maximum absolute atomic E-state index is 12.3. The highest BCUT2D eigenvalue weighted by Crippen LogP contribution is 2.13. The van der Waals surface area contributed by atoms with Gasteiger partial charge >= 0.3 is 0 Å². The van der Waals surface area contributed by atoms with Gasteiger partial charge in [-0.25, -0.2) is 0 Å². The van der Waals surface area contributed by atoms with Crippen LogP contribution < -0.4 is 4.74 Å². The molecule has 0 aliphatic carbocycles. The molecule has 2 amide bonds. The molecule has 0 radical (unpaired) electrons. The molecule has 5 heteroatoms. The molecule has 0 aromatic heterocycles. The summed E-state index contributed by atoms with van der Waals surface area (Å²) in [4.78, 5) is 27.7. The highest BCUT2D eigenvalue weighted by molar-refractivity contribution is 5.94. The number of likely N-dealkylation sites (N-methyl/N-ethyl adjacent to an activating group) is 1. The van der Waals surface area contributed by atoms with Crippen LogP contribution in [0.15, 0.2) is 30.3 Å². The van der Waals surface area contributed by atoms with Crippen molar-refractivity contribution in [3.63, 3.8) is 0 Å². The third-order valence-electron chi connectivity index (χ3n) is 3.60.